The number of hydrogen-bond acceptors (Lipinski definition) is 6. The Bertz CT molecular complexity index is 1650. The first kappa shape index (κ1) is 28.0. The maximum absolute atomic E-state index is 13.7. The highest BCUT2D eigenvalue weighted by atomic mass is 32.2. The van der Waals surface area contributed by atoms with Crippen molar-refractivity contribution in [3.05, 3.63) is 67.3 Å². The number of piperidine rings is 1. The number of benzene rings is 1. The van der Waals surface area contributed by atoms with Gasteiger partial charge in [-0.2, -0.15) is 0 Å². The lowest BCUT2D eigenvalue weighted by Gasteiger charge is -2.41. The maximum Gasteiger partial charge on any atom is 0.269 e. The van der Waals surface area contributed by atoms with Crippen LogP contribution in [-0.4, -0.2) is 63.5 Å². The van der Waals surface area contributed by atoms with Crippen LogP contribution in [-0.2, 0) is 14.8 Å². The predicted molar refractivity (Wildman–Crippen MR) is 154 cm³/mol. The molecule has 3 aromatic heterocycles. The van der Waals surface area contributed by atoms with E-state index in [1.54, 1.807) is 54.9 Å². The third-order valence-corrected chi connectivity index (χ3v) is 10.2. The Morgan fingerprint density at radius 3 is 2.46 bits per heavy atom. The molecule has 1 aromatic carbocycles. The third-order valence-electron chi connectivity index (χ3n) is 8.56. The minimum absolute atomic E-state index is 0.0742. The third kappa shape index (κ3) is 5.19. The van der Waals surface area contributed by atoms with Gasteiger partial charge in [-0.1, -0.05) is 24.3 Å². The van der Waals surface area contributed by atoms with Gasteiger partial charge in [0, 0.05) is 49.6 Å². The predicted octanol–water partition coefficient (Wildman–Crippen LogP) is 6.10. The topological polar surface area (TPSA) is 82.3 Å². The van der Waals surface area contributed by atoms with E-state index in [0.29, 0.717) is 36.2 Å². The molecule has 1 aliphatic heterocycles. The SMILES string of the molecule is C=CCO[C@H](C)c1nc2cnc3c(ccn3S(=O)(=O)c3ccccc3)c2n1C1CCC(N2CCC(F)(F)CC2)CC1. The fourth-order valence-electron chi connectivity index (χ4n) is 6.41. The molecule has 0 bridgehead atoms. The molecule has 41 heavy (non-hydrogen) atoms. The Kier molecular flexibility index (Phi) is 7.46. The Labute approximate surface area is 238 Å². The van der Waals surface area contributed by atoms with Crippen molar-refractivity contribution in [3.63, 3.8) is 0 Å². The van der Waals surface area contributed by atoms with Gasteiger partial charge < -0.3 is 9.30 Å². The van der Waals surface area contributed by atoms with Crippen molar-refractivity contribution in [1.29, 1.82) is 0 Å². The molecule has 4 aromatic rings. The number of ether oxygens (including phenoxy) is 1. The van der Waals surface area contributed by atoms with E-state index in [-0.39, 0.29) is 35.9 Å². The van der Waals surface area contributed by atoms with Crippen molar-refractivity contribution in [2.45, 2.75) is 74.5 Å². The van der Waals surface area contributed by atoms with E-state index >= 15 is 0 Å². The first-order valence-electron chi connectivity index (χ1n) is 14.2. The fourth-order valence-corrected chi connectivity index (χ4v) is 7.73. The molecule has 6 rings (SSSR count). The molecule has 1 aliphatic carbocycles. The first-order valence-corrected chi connectivity index (χ1v) is 15.7. The van der Waals surface area contributed by atoms with Crippen molar-refractivity contribution >= 4 is 32.1 Å². The molecular formula is C30H35F2N5O3S. The highest BCUT2D eigenvalue weighted by molar-refractivity contribution is 7.90. The van der Waals surface area contributed by atoms with Gasteiger partial charge in [-0.05, 0) is 50.8 Å². The number of nitrogens with zero attached hydrogens (tertiary/aromatic N) is 5. The van der Waals surface area contributed by atoms with E-state index in [2.05, 4.69) is 21.0 Å². The van der Waals surface area contributed by atoms with Crippen molar-refractivity contribution in [1.82, 2.24) is 23.4 Å². The Balaban J connectivity index is 1.38. The van der Waals surface area contributed by atoms with E-state index in [1.807, 2.05) is 6.92 Å². The summed E-state index contributed by atoms with van der Waals surface area (Å²) in [5.74, 6) is -1.79. The lowest BCUT2D eigenvalue weighted by molar-refractivity contribution is -0.0665. The monoisotopic (exact) mass is 583 g/mol. The van der Waals surface area contributed by atoms with E-state index < -0.39 is 15.9 Å². The Morgan fingerprint density at radius 1 is 1.10 bits per heavy atom. The molecule has 0 radical (unpaired) electrons. The number of alkyl halides is 2. The second-order valence-corrected chi connectivity index (χ2v) is 12.9. The number of likely N-dealkylation sites (tertiary alicyclic amines) is 1. The molecule has 0 amide bonds. The van der Waals surface area contributed by atoms with Crippen LogP contribution in [0, 0.1) is 0 Å². The minimum atomic E-state index is -3.85. The number of rotatable bonds is 8. The molecule has 218 valence electrons. The van der Waals surface area contributed by atoms with Crippen LogP contribution in [0.1, 0.15) is 63.4 Å². The summed E-state index contributed by atoms with van der Waals surface area (Å²) in [7, 11) is -3.85. The van der Waals surface area contributed by atoms with E-state index in [4.69, 9.17) is 9.72 Å². The van der Waals surface area contributed by atoms with E-state index in [9.17, 15) is 17.2 Å². The molecule has 8 nitrogen and oxygen atoms in total. The molecule has 0 N–H and O–H groups in total. The van der Waals surface area contributed by atoms with Gasteiger partial charge in [0.25, 0.3) is 15.9 Å². The molecule has 0 spiro atoms. The number of pyridine rings is 1. The van der Waals surface area contributed by atoms with Crippen LogP contribution in [0.4, 0.5) is 8.78 Å². The minimum Gasteiger partial charge on any atom is -0.367 e. The normalized spacial score (nSPS) is 22.7. The van der Waals surface area contributed by atoms with Crippen LogP contribution < -0.4 is 0 Å². The van der Waals surface area contributed by atoms with Crippen molar-refractivity contribution in [2.75, 3.05) is 19.7 Å². The quantitative estimate of drug-likeness (QED) is 0.233. The second-order valence-electron chi connectivity index (χ2n) is 11.1. The van der Waals surface area contributed by atoms with Gasteiger partial charge in [0.2, 0.25) is 0 Å². The summed E-state index contributed by atoms with van der Waals surface area (Å²) in [6.07, 6.45) is 7.92. The Morgan fingerprint density at radius 2 is 1.78 bits per heavy atom. The van der Waals surface area contributed by atoms with Crippen LogP contribution in [0.5, 0.6) is 0 Å². The molecule has 1 saturated heterocycles. The van der Waals surface area contributed by atoms with Gasteiger partial charge in [0.05, 0.1) is 23.2 Å². The number of halogens is 2. The molecule has 11 heteroatoms. The average molecular weight is 584 g/mol. The smallest absolute Gasteiger partial charge is 0.269 e. The molecule has 4 heterocycles. The highest BCUT2D eigenvalue weighted by Crippen LogP contribution is 2.40. The maximum atomic E-state index is 13.7. The van der Waals surface area contributed by atoms with E-state index in [0.717, 1.165) is 37.0 Å². The summed E-state index contributed by atoms with van der Waals surface area (Å²) < 4.78 is 64.0. The highest BCUT2D eigenvalue weighted by Gasteiger charge is 2.38. The average Bonchev–Trinajstić information content (AvgIpc) is 3.59. The van der Waals surface area contributed by atoms with Crippen molar-refractivity contribution in [2.24, 2.45) is 0 Å². The largest absolute Gasteiger partial charge is 0.367 e. The molecule has 2 fully saturated rings. The molecular weight excluding hydrogens is 548 g/mol. The van der Waals surface area contributed by atoms with Crippen molar-refractivity contribution in [3.8, 4) is 0 Å². The number of fused-ring (bicyclic) bond motifs is 3. The second kappa shape index (κ2) is 10.9. The zero-order valence-corrected chi connectivity index (χ0v) is 23.9. The molecule has 2 aliphatic rings. The Hall–Kier alpha value is -3.15. The van der Waals surface area contributed by atoms with Crippen LogP contribution >= 0.6 is 0 Å². The van der Waals surface area contributed by atoms with Gasteiger partial charge in [0.1, 0.15) is 17.4 Å². The van der Waals surface area contributed by atoms with Crippen LogP contribution in [0.25, 0.3) is 22.1 Å². The number of imidazole rings is 1. The van der Waals surface area contributed by atoms with Gasteiger partial charge in [-0.3, -0.25) is 4.90 Å². The van der Waals surface area contributed by atoms with Gasteiger partial charge >= 0.3 is 0 Å². The lowest BCUT2D eigenvalue weighted by Crippen LogP contribution is -2.46. The zero-order valence-electron chi connectivity index (χ0n) is 23.1. The number of hydrogen-bond donors (Lipinski definition) is 0. The van der Waals surface area contributed by atoms with Crippen LogP contribution in [0.15, 0.2) is 66.3 Å². The summed E-state index contributed by atoms with van der Waals surface area (Å²) in [6, 6.07) is 10.5. The first-order chi connectivity index (χ1) is 19.7. The van der Waals surface area contributed by atoms with Crippen LogP contribution in [0.2, 0.25) is 0 Å². The summed E-state index contributed by atoms with van der Waals surface area (Å²) in [5, 5.41) is 0.706. The summed E-state index contributed by atoms with van der Waals surface area (Å²) in [4.78, 5) is 11.9. The lowest BCUT2D eigenvalue weighted by atomic mass is 9.88. The summed E-state index contributed by atoms with van der Waals surface area (Å²) in [5.41, 5.74) is 1.86. The molecule has 0 unspecified atom stereocenters. The van der Waals surface area contributed by atoms with Crippen molar-refractivity contribution < 1.29 is 21.9 Å². The zero-order chi connectivity index (χ0) is 28.8. The summed E-state index contributed by atoms with van der Waals surface area (Å²) >= 11 is 0. The van der Waals surface area contributed by atoms with Gasteiger partial charge in [-0.25, -0.2) is 31.1 Å². The molecule has 1 saturated carbocycles. The standard InChI is InChI=1S/C30H35F2N5O3S/c1-3-19-40-21(2)28-34-26-20-33-29-25(13-16-36(29)41(38,39)24-7-5-4-6-8-24)27(26)37(28)23-11-9-22(10-12-23)35-17-14-30(31,32)15-18-35/h3-8,13,16,20-23H,1,9-12,14-15,17-19H2,2H3/t21-,22?,23?/m1/s1. The molecule has 1 atom stereocenters. The number of aromatic nitrogens is 4. The van der Waals surface area contributed by atoms with Gasteiger partial charge in [-0.15, -0.1) is 6.58 Å². The van der Waals surface area contributed by atoms with Crippen LogP contribution in [0.3, 0.4) is 0 Å². The van der Waals surface area contributed by atoms with Gasteiger partial charge in [0.15, 0.2) is 5.65 Å². The fraction of sp³-hybridized carbons (Fsp3) is 0.467. The summed E-state index contributed by atoms with van der Waals surface area (Å²) in [6.45, 7) is 6.96. The van der Waals surface area contributed by atoms with E-state index in [1.165, 1.54) is 3.97 Å².